The van der Waals surface area contributed by atoms with Crippen molar-refractivity contribution in [3.8, 4) is 0 Å². The number of rotatable bonds is 5. The Morgan fingerprint density at radius 3 is 3.06 bits per heavy atom. The minimum atomic E-state index is -0.0934. The quantitative estimate of drug-likeness (QED) is 0.640. The van der Waals surface area contributed by atoms with Crippen molar-refractivity contribution in [2.75, 3.05) is 18.5 Å². The van der Waals surface area contributed by atoms with E-state index in [0.717, 1.165) is 43.5 Å². The van der Waals surface area contributed by atoms with Gasteiger partial charge in [0.25, 0.3) is 0 Å². The van der Waals surface area contributed by atoms with Crippen LogP contribution in [0.4, 0.5) is 5.69 Å². The largest absolute Gasteiger partial charge is 0.465 e. The molecule has 0 aromatic heterocycles. The number of nitrogens with one attached hydrogen (secondary N) is 1. The molecule has 0 spiro atoms. The lowest BCUT2D eigenvalue weighted by molar-refractivity contribution is -0.145. The topological polar surface area (TPSA) is 38.3 Å². The minimum absolute atomic E-state index is 0.0694. The summed E-state index contributed by atoms with van der Waals surface area (Å²) < 4.78 is 5.37. The highest BCUT2D eigenvalue weighted by molar-refractivity contribution is 5.81. The molecule has 0 saturated heterocycles. The number of para-hydroxylation sites is 1. The van der Waals surface area contributed by atoms with E-state index in [1.165, 1.54) is 0 Å². The molecule has 2 rings (SSSR count). The number of esters is 1. The van der Waals surface area contributed by atoms with Crippen LogP contribution in [0, 0.1) is 0 Å². The highest BCUT2D eigenvalue weighted by Crippen LogP contribution is 2.32. The van der Waals surface area contributed by atoms with Gasteiger partial charge in [-0.05, 0) is 24.5 Å². The van der Waals surface area contributed by atoms with Gasteiger partial charge in [0, 0.05) is 12.2 Å². The first kappa shape index (κ1) is 12.9. The second-order valence-electron chi connectivity index (χ2n) is 4.73. The van der Waals surface area contributed by atoms with Crippen LogP contribution in [0.5, 0.6) is 0 Å². The summed E-state index contributed by atoms with van der Waals surface area (Å²) in [6.45, 7) is 3.54. The van der Waals surface area contributed by atoms with E-state index in [1.807, 2.05) is 24.3 Å². The van der Waals surface area contributed by atoms with E-state index in [9.17, 15) is 4.79 Å². The van der Waals surface area contributed by atoms with E-state index in [-0.39, 0.29) is 11.9 Å². The van der Waals surface area contributed by atoms with Crippen LogP contribution in [-0.4, -0.2) is 19.1 Å². The van der Waals surface area contributed by atoms with Gasteiger partial charge in [0.1, 0.15) is 0 Å². The third-order valence-corrected chi connectivity index (χ3v) is 3.36. The first-order valence-corrected chi connectivity index (χ1v) is 6.82. The van der Waals surface area contributed by atoms with E-state index in [0.29, 0.717) is 6.61 Å². The molecule has 3 heteroatoms. The average molecular weight is 247 g/mol. The monoisotopic (exact) mass is 247 g/mol. The van der Waals surface area contributed by atoms with Gasteiger partial charge in [0.05, 0.1) is 12.5 Å². The van der Waals surface area contributed by atoms with Gasteiger partial charge in [-0.1, -0.05) is 38.0 Å². The van der Waals surface area contributed by atoms with Crippen LogP contribution >= 0.6 is 0 Å². The van der Waals surface area contributed by atoms with Crippen LogP contribution in [0.3, 0.4) is 0 Å². The molecule has 0 aliphatic carbocycles. The van der Waals surface area contributed by atoms with Crippen molar-refractivity contribution in [2.45, 2.75) is 38.5 Å². The summed E-state index contributed by atoms with van der Waals surface area (Å²) in [6, 6.07) is 8.00. The van der Waals surface area contributed by atoms with Crippen LogP contribution in [-0.2, 0) is 9.53 Å². The summed E-state index contributed by atoms with van der Waals surface area (Å²) in [5.41, 5.74) is 2.14. The van der Waals surface area contributed by atoms with Gasteiger partial charge in [-0.3, -0.25) is 4.79 Å². The molecular weight excluding hydrogens is 226 g/mol. The maximum Gasteiger partial charge on any atom is 0.313 e. The maximum absolute atomic E-state index is 12.1. The maximum atomic E-state index is 12.1. The van der Waals surface area contributed by atoms with Gasteiger partial charge in [-0.25, -0.2) is 0 Å². The molecule has 1 heterocycles. The second kappa shape index (κ2) is 6.43. The first-order valence-electron chi connectivity index (χ1n) is 6.82. The molecule has 0 saturated carbocycles. The van der Waals surface area contributed by atoms with Crippen LogP contribution < -0.4 is 5.32 Å². The Bertz CT molecular complexity index is 403. The Labute approximate surface area is 109 Å². The molecule has 1 aromatic rings. The van der Waals surface area contributed by atoms with Crippen molar-refractivity contribution in [2.24, 2.45) is 0 Å². The van der Waals surface area contributed by atoms with Crippen molar-refractivity contribution < 1.29 is 9.53 Å². The van der Waals surface area contributed by atoms with Crippen molar-refractivity contribution in [3.05, 3.63) is 29.8 Å². The Morgan fingerprint density at radius 1 is 1.39 bits per heavy atom. The summed E-state index contributed by atoms with van der Waals surface area (Å²) in [7, 11) is 0. The third-order valence-electron chi connectivity index (χ3n) is 3.36. The van der Waals surface area contributed by atoms with Gasteiger partial charge >= 0.3 is 5.97 Å². The molecular formula is C15H21NO2. The molecule has 1 aromatic carbocycles. The number of anilines is 1. The van der Waals surface area contributed by atoms with Gasteiger partial charge in [0.15, 0.2) is 0 Å². The highest BCUT2D eigenvalue weighted by atomic mass is 16.5. The van der Waals surface area contributed by atoms with Crippen LogP contribution in [0.25, 0.3) is 0 Å². The SMILES string of the molecule is CCCCCOC(=O)C1CCNc2ccccc21. The molecule has 0 fully saturated rings. The van der Waals surface area contributed by atoms with Gasteiger partial charge in [0.2, 0.25) is 0 Å². The summed E-state index contributed by atoms with van der Waals surface area (Å²) in [5.74, 6) is -0.163. The van der Waals surface area contributed by atoms with E-state index in [2.05, 4.69) is 12.2 Å². The summed E-state index contributed by atoms with van der Waals surface area (Å²) in [5, 5.41) is 3.32. The van der Waals surface area contributed by atoms with Crippen LogP contribution in [0.15, 0.2) is 24.3 Å². The molecule has 98 valence electrons. The van der Waals surface area contributed by atoms with Crippen LogP contribution in [0.2, 0.25) is 0 Å². The molecule has 0 radical (unpaired) electrons. The van der Waals surface area contributed by atoms with Gasteiger partial charge < -0.3 is 10.1 Å². The van der Waals surface area contributed by atoms with Crippen molar-refractivity contribution in [3.63, 3.8) is 0 Å². The summed E-state index contributed by atoms with van der Waals surface area (Å²) in [4.78, 5) is 12.1. The molecule has 3 nitrogen and oxygen atoms in total. The second-order valence-corrected chi connectivity index (χ2v) is 4.73. The van der Waals surface area contributed by atoms with Gasteiger partial charge in [-0.2, -0.15) is 0 Å². The smallest absolute Gasteiger partial charge is 0.313 e. The molecule has 0 bridgehead atoms. The standard InChI is InChI=1S/C15H21NO2/c1-2-3-6-11-18-15(17)13-9-10-16-14-8-5-4-7-12(13)14/h4-5,7-8,13,16H,2-3,6,9-11H2,1H3. The zero-order valence-corrected chi connectivity index (χ0v) is 10.9. The number of carbonyl (C=O) groups excluding carboxylic acids is 1. The number of carbonyl (C=O) groups is 1. The third kappa shape index (κ3) is 3.03. The molecule has 0 amide bonds. The van der Waals surface area contributed by atoms with E-state index in [1.54, 1.807) is 0 Å². The Morgan fingerprint density at radius 2 is 2.22 bits per heavy atom. The van der Waals surface area contributed by atoms with Gasteiger partial charge in [-0.15, -0.1) is 0 Å². The fourth-order valence-electron chi connectivity index (χ4n) is 2.34. The summed E-state index contributed by atoms with van der Waals surface area (Å²) in [6.07, 6.45) is 4.06. The van der Waals surface area contributed by atoms with E-state index < -0.39 is 0 Å². The fourth-order valence-corrected chi connectivity index (χ4v) is 2.34. The predicted molar refractivity (Wildman–Crippen MR) is 72.8 cm³/mol. The van der Waals surface area contributed by atoms with Crippen molar-refractivity contribution in [1.29, 1.82) is 0 Å². The Hall–Kier alpha value is -1.51. The van der Waals surface area contributed by atoms with E-state index in [4.69, 9.17) is 4.74 Å². The molecule has 1 aliphatic rings. The zero-order valence-electron chi connectivity index (χ0n) is 10.9. The molecule has 1 unspecified atom stereocenters. The van der Waals surface area contributed by atoms with Crippen LogP contribution in [0.1, 0.15) is 44.1 Å². The minimum Gasteiger partial charge on any atom is -0.465 e. The normalized spacial score (nSPS) is 17.7. The Balaban J connectivity index is 1.95. The number of benzene rings is 1. The number of fused-ring (bicyclic) bond motifs is 1. The number of hydrogen-bond acceptors (Lipinski definition) is 3. The number of unbranched alkanes of at least 4 members (excludes halogenated alkanes) is 2. The highest BCUT2D eigenvalue weighted by Gasteiger charge is 2.27. The fraction of sp³-hybridized carbons (Fsp3) is 0.533. The average Bonchev–Trinajstić information content (AvgIpc) is 2.43. The molecule has 18 heavy (non-hydrogen) atoms. The zero-order chi connectivity index (χ0) is 12.8. The Kier molecular flexibility index (Phi) is 4.62. The molecule has 1 N–H and O–H groups in total. The van der Waals surface area contributed by atoms with E-state index >= 15 is 0 Å². The van der Waals surface area contributed by atoms with Crippen molar-refractivity contribution in [1.82, 2.24) is 0 Å². The van der Waals surface area contributed by atoms with Crippen molar-refractivity contribution >= 4 is 11.7 Å². The molecule has 1 aliphatic heterocycles. The predicted octanol–water partition coefficient (Wildman–Crippen LogP) is 3.32. The first-order chi connectivity index (χ1) is 8.83. The lowest BCUT2D eigenvalue weighted by atomic mass is 9.91. The summed E-state index contributed by atoms with van der Waals surface area (Å²) >= 11 is 0. The molecule has 1 atom stereocenters. The lowest BCUT2D eigenvalue weighted by Gasteiger charge is -2.25. The number of ether oxygens (including phenoxy) is 1. The lowest BCUT2D eigenvalue weighted by Crippen LogP contribution is -2.24. The number of hydrogen-bond donors (Lipinski definition) is 1.